The number of carboxylic acid groups (broad SMARTS) is 1. The average molecular weight is 271 g/mol. The van der Waals surface area contributed by atoms with Crippen molar-refractivity contribution >= 4 is 29.3 Å². The quantitative estimate of drug-likeness (QED) is 0.792. The Morgan fingerprint density at radius 3 is 2.83 bits per heavy atom. The molecule has 1 aliphatic rings. The number of anilines is 1. The van der Waals surface area contributed by atoms with Crippen LogP contribution in [0.2, 0.25) is 5.15 Å². The fourth-order valence-electron chi connectivity index (χ4n) is 1.91. The second kappa shape index (κ2) is 4.91. The molecule has 2 heterocycles. The van der Waals surface area contributed by atoms with Gasteiger partial charge in [-0.2, -0.15) is 0 Å². The molecule has 1 unspecified atom stereocenters. The van der Waals surface area contributed by atoms with Gasteiger partial charge in [-0.25, -0.2) is 9.78 Å². The molecule has 0 saturated carbocycles. The Labute approximate surface area is 108 Å². The summed E-state index contributed by atoms with van der Waals surface area (Å²) < 4.78 is 0. The van der Waals surface area contributed by atoms with Crippen LogP contribution in [0, 0.1) is 5.92 Å². The van der Waals surface area contributed by atoms with E-state index in [1.165, 1.54) is 17.0 Å². The number of pyridine rings is 1. The third-order valence-electron chi connectivity index (χ3n) is 2.79. The van der Waals surface area contributed by atoms with Crippen molar-refractivity contribution in [1.82, 2.24) is 4.98 Å². The predicted molar refractivity (Wildman–Crippen MR) is 63.8 cm³/mol. The third-order valence-corrected chi connectivity index (χ3v) is 3.00. The minimum Gasteiger partial charge on any atom is -0.478 e. The molecule has 0 bridgehead atoms. The Hall–Kier alpha value is -1.66. The number of carbonyl (C=O) groups excluding carboxylic acids is 1. The summed E-state index contributed by atoms with van der Waals surface area (Å²) in [6.45, 7) is 0.133. The fourth-order valence-corrected chi connectivity index (χ4v) is 2.05. The summed E-state index contributed by atoms with van der Waals surface area (Å²) in [5, 5.41) is 18.2. The highest BCUT2D eigenvalue weighted by molar-refractivity contribution is 6.29. The summed E-state index contributed by atoms with van der Waals surface area (Å²) in [5.74, 6) is -1.59. The van der Waals surface area contributed by atoms with Crippen molar-refractivity contribution in [2.75, 3.05) is 18.1 Å². The van der Waals surface area contributed by atoms with Gasteiger partial charge in [0.25, 0.3) is 0 Å². The smallest absolute Gasteiger partial charge is 0.339 e. The summed E-state index contributed by atoms with van der Waals surface area (Å²) >= 11 is 5.73. The third kappa shape index (κ3) is 2.30. The topological polar surface area (TPSA) is 90.7 Å². The van der Waals surface area contributed by atoms with Crippen LogP contribution in [0.15, 0.2) is 12.1 Å². The number of aromatic carboxylic acids is 1. The molecule has 1 amide bonds. The van der Waals surface area contributed by atoms with E-state index in [0.717, 1.165) is 0 Å². The highest BCUT2D eigenvalue weighted by Gasteiger charge is 2.33. The molecule has 0 aliphatic carbocycles. The second-order valence-electron chi connectivity index (χ2n) is 4.07. The number of aliphatic hydroxyl groups excluding tert-OH is 1. The Balaban J connectivity index is 2.41. The van der Waals surface area contributed by atoms with Crippen LogP contribution >= 0.6 is 11.6 Å². The molecule has 18 heavy (non-hydrogen) atoms. The maximum atomic E-state index is 11.8. The molecule has 7 heteroatoms. The van der Waals surface area contributed by atoms with Crippen molar-refractivity contribution in [2.45, 2.75) is 6.42 Å². The predicted octanol–water partition coefficient (Wildman–Crippen LogP) is 0.778. The number of rotatable bonds is 3. The zero-order valence-corrected chi connectivity index (χ0v) is 10.1. The van der Waals surface area contributed by atoms with E-state index in [9.17, 15) is 9.59 Å². The van der Waals surface area contributed by atoms with E-state index in [2.05, 4.69) is 4.98 Å². The molecule has 1 aromatic rings. The number of hydrogen-bond donors (Lipinski definition) is 2. The Bertz CT molecular complexity index is 506. The number of amides is 1. The molecule has 2 rings (SSSR count). The van der Waals surface area contributed by atoms with E-state index in [-0.39, 0.29) is 47.9 Å². The van der Waals surface area contributed by atoms with E-state index in [1.807, 2.05) is 0 Å². The molecule has 6 nitrogen and oxygen atoms in total. The molecule has 96 valence electrons. The van der Waals surface area contributed by atoms with Gasteiger partial charge in [-0.15, -0.1) is 0 Å². The van der Waals surface area contributed by atoms with E-state index in [1.54, 1.807) is 0 Å². The fraction of sp³-hybridized carbons (Fsp3) is 0.364. The molecule has 0 radical (unpaired) electrons. The van der Waals surface area contributed by atoms with Gasteiger partial charge in [-0.1, -0.05) is 11.6 Å². The summed E-state index contributed by atoms with van der Waals surface area (Å²) in [5.41, 5.74) is -0.0775. The molecule has 1 aliphatic heterocycles. The lowest BCUT2D eigenvalue weighted by molar-refractivity contribution is -0.117. The Kier molecular flexibility index (Phi) is 3.49. The maximum Gasteiger partial charge on any atom is 0.339 e. The van der Waals surface area contributed by atoms with Gasteiger partial charge in [0.15, 0.2) is 5.82 Å². The lowest BCUT2D eigenvalue weighted by Crippen LogP contribution is -2.28. The summed E-state index contributed by atoms with van der Waals surface area (Å²) in [6, 6.07) is 2.67. The lowest BCUT2D eigenvalue weighted by Gasteiger charge is -2.17. The molecule has 1 aromatic heterocycles. The molecule has 1 atom stereocenters. The van der Waals surface area contributed by atoms with Crippen LogP contribution in [0.1, 0.15) is 16.8 Å². The van der Waals surface area contributed by atoms with Gasteiger partial charge in [0.05, 0.1) is 0 Å². The van der Waals surface area contributed by atoms with Crippen molar-refractivity contribution in [3.05, 3.63) is 22.8 Å². The molecular formula is C11H11ClN2O4. The summed E-state index contributed by atoms with van der Waals surface area (Å²) in [4.78, 5) is 28.0. The zero-order valence-electron chi connectivity index (χ0n) is 9.34. The molecular weight excluding hydrogens is 260 g/mol. The first-order chi connectivity index (χ1) is 8.52. The van der Waals surface area contributed by atoms with Crippen LogP contribution in [0.25, 0.3) is 0 Å². The number of nitrogens with zero attached hydrogens (tertiary/aromatic N) is 2. The first-order valence-corrected chi connectivity index (χ1v) is 5.71. The minimum absolute atomic E-state index is 0.0379. The number of carbonyl (C=O) groups is 2. The van der Waals surface area contributed by atoms with Crippen molar-refractivity contribution in [2.24, 2.45) is 5.92 Å². The number of aromatic nitrogens is 1. The molecule has 1 fully saturated rings. The zero-order chi connectivity index (χ0) is 13.3. The van der Waals surface area contributed by atoms with E-state index < -0.39 is 5.97 Å². The SMILES string of the molecule is O=C(O)c1ccc(Cl)nc1N1CC(CO)CC1=O. The van der Waals surface area contributed by atoms with Crippen molar-refractivity contribution in [3.8, 4) is 0 Å². The standard InChI is InChI=1S/C11H11ClN2O4/c12-8-2-1-7(11(17)18)10(13-8)14-4-6(5-15)3-9(14)16/h1-2,6,15H,3-5H2,(H,17,18). The van der Waals surface area contributed by atoms with Gasteiger partial charge >= 0.3 is 5.97 Å². The molecule has 0 spiro atoms. The molecule has 1 saturated heterocycles. The Morgan fingerprint density at radius 1 is 1.56 bits per heavy atom. The van der Waals surface area contributed by atoms with Crippen LogP contribution in [-0.2, 0) is 4.79 Å². The molecule has 2 N–H and O–H groups in total. The van der Waals surface area contributed by atoms with Gasteiger partial charge in [0.2, 0.25) is 5.91 Å². The van der Waals surface area contributed by atoms with Gasteiger partial charge in [0, 0.05) is 25.5 Å². The normalized spacial score (nSPS) is 19.3. The van der Waals surface area contributed by atoms with Gasteiger partial charge in [-0.05, 0) is 12.1 Å². The van der Waals surface area contributed by atoms with Crippen LogP contribution in [-0.4, -0.2) is 40.2 Å². The van der Waals surface area contributed by atoms with Crippen LogP contribution < -0.4 is 4.90 Å². The monoisotopic (exact) mass is 270 g/mol. The Morgan fingerprint density at radius 2 is 2.28 bits per heavy atom. The van der Waals surface area contributed by atoms with Gasteiger partial charge in [0.1, 0.15) is 10.7 Å². The van der Waals surface area contributed by atoms with Crippen LogP contribution in [0.5, 0.6) is 0 Å². The average Bonchev–Trinajstić information content (AvgIpc) is 2.70. The highest BCUT2D eigenvalue weighted by atomic mass is 35.5. The number of aliphatic hydroxyl groups is 1. The molecule has 0 aromatic carbocycles. The van der Waals surface area contributed by atoms with E-state index in [4.69, 9.17) is 21.8 Å². The van der Waals surface area contributed by atoms with Crippen molar-refractivity contribution < 1.29 is 19.8 Å². The first-order valence-electron chi connectivity index (χ1n) is 5.34. The summed E-state index contributed by atoms with van der Waals surface area (Å²) in [7, 11) is 0. The largest absolute Gasteiger partial charge is 0.478 e. The minimum atomic E-state index is -1.17. The van der Waals surface area contributed by atoms with Gasteiger partial charge < -0.3 is 10.2 Å². The number of hydrogen-bond acceptors (Lipinski definition) is 4. The second-order valence-corrected chi connectivity index (χ2v) is 4.45. The number of halogens is 1. The maximum absolute atomic E-state index is 11.8. The summed E-state index contributed by atoms with van der Waals surface area (Å²) in [6.07, 6.45) is 0.184. The van der Waals surface area contributed by atoms with Crippen molar-refractivity contribution in [3.63, 3.8) is 0 Å². The highest BCUT2D eigenvalue weighted by Crippen LogP contribution is 2.27. The van der Waals surface area contributed by atoms with Crippen LogP contribution in [0.4, 0.5) is 5.82 Å². The van der Waals surface area contributed by atoms with E-state index in [0.29, 0.717) is 0 Å². The number of carboxylic acids is 1. The first kappa shape index (κ1) is 12.8. The lowest BCUT2D eigenvalue weighted by atomic mass is 10.1. The van der Waals surface area contributed by atoms with Gasteiger partial charge in [-0.3, -0.25) is 9.69 Å². The van der Waals surface area contributed by atoms with E-state index >= 15 is 0 Å². The van der Waals surface area contributed by atoms with Crippen LogP contribution in [0.3, 0.4) is 0 Å². The van der Waals surface area contributed by atoms with Crippen molar-refractivity contribution in [1.29, 1.82) is 0 Å².